The number of fused-ring (bicyclic) bond motifs is 1. The van der Waals surface area contributed by atoms with Gasteiger partial charge in [0.25, 0.3) is 5.91 Å². The fourth-order valence-corrected chi connectivity index (χ4v) is 4.59. The number of anilines is 1. The summed E-state index contributed by atoms with van der Waals surface area (Å²) in [6, 6.07) is 5.51. The number of nitrogens with zero attached hydrogens (tertiary/aromatic N) is 6. The van der Waals surface area contributed by atoms with Gasteiger partial charge < -0.3 is 20.3 Å². The molecule has 0 bridgehead atoms. The lowest BCUT2D eigenvalue weighted by molar-refractivity contribution is -0.134. The monoisotopic (exact) mass is 496 g/mol. The predicted molar refractivity (Wildman–Crippen MR) is 122 cm³/mol. The van der Waals surface area contributed by atoms with Crippen molar-refractivity contribution in [2.24, 2.45) is 7.05 Å². The molecule has 4 heterocycles. The van der Waals surface area contributed by atoms with Crippen LogP contribution in [0.1, 0.15) is 40.5 Å². The second kappa shape index (κ2) is 9.28. The van der Waals surface area contributed by atoms with Crippen LogP contribution < -0.4 is 11.1 Å². The van der Waals surface area contributed by atoms with Gasteiger partial charge in [-0.05, 0) is 16.7 Å². The van der Waals surface area contributed by atoms with Crippen LogP contribution in [0.2, 0.25) is 0 Å². The molecule has 14 heteroatoms. The van der Waals surface area contributed by atoms with Crippen LogP contribution in [0, 0.1) is 0 Å². The van der Waals surface area contributed by atoms with Crippen LogP contribution in [0.4, 0.5) is 10.6 Å². The van der Waals surface area contributed by atoms with E-state index in [9.17, 15) is 19.2 Å². The number of ether oxygens (including phenoxy) is 1. The van der Waals surface area contributed by atoms with Gasteiger partial charge in [0.1, 0.15) is 6.61 Å². The summed E-state index contributed by atoms with van der Waals surface area (Å²) in [4.78, 5) is 52.1. The number of hydrogen-bond donors (Lipinski definition) is 2. The molecule has 1 atom stereocenters. The van der Waals surface area contributed by atoms with E-state index < -0.39 is 17.9 Å². The van der Waals surface area contributed by atoms with Crippen LogP contribution in [-0.4, -0.2) is 79.9 Å². The number of nitrogens with two attached hydrogens (primary N) is 1. The van der Waals surface area contributed by atoms with Gasteiger partial charge in [-0.25, -0.2) is 9.42 Å². The van der Waals surface area contributed by atoms with Crippen LogP contribution in [0.3, 0.4) is 0 Å². The van der Waals surface area contributed by atoms with Crippen molar-refractivity contribution in [3.8, 4) is 0 Å². The molecule has 1 unspecified atom stereocenters. The molecular weight excluding hydrogens is 472 g/mol. The molecule has 1 aromatic carbocycles. The number of carbonyl (C=O) groups is 4. The molecule has 36 heavy (non-hydrogen) atoms. The topological polar surface area (TPSA) is 179 Å². The molecule has 2 fully saturated rings. The van der Waals surface area contributed by atoms with E-state index in [4.69, 9.17) is 10.5 Å². The van der Waals surface area contributed by atoms with Crippen LogP contribution in [0.25, 0.3) is 10.9 Å². The quantitative estimate of drug-likeness (QED) is 0.472. The standard InChI is InChI=1S/C22H24N8O6/c1-28-18-12(3-2-4-13(18)16(25-28)14-5-6-15(31)24-20(14)32)11-35-22(34)30-9-7-29(8-10-30)21(33)17-19(23)27-36-26-17/h2-4,14H,5-11H2,1H3,(H2,23,27)(H,24,31,32). The van der Waals surface area contributed by atoms with Crippen molar-refractivity contribution >= 4 is 40.5 Å². The molecule has 14 nitrogen and oxygen atoms in total. The molecule has 2 aliphatic heterocycles. The van der Waals surface area contributed by atoms with E-state index >= 15 is 0 Å². The third kappa shape index (κ3) is 4.21. The van der Waals surface area contributed by atoms with Gasteiger partial charge in [0.05, 0.1) is 17.1 Å². The Hall–Kier alpha value is -4.49. The third-order valence-electron chi connectivity index (χ3n) is 6.44. The normalized spacial score (nSPS) is 18.4. The SMILES string of the molecule is Cn1nc(C2CCC(=O)NC2=O)c2cccc(COC(=O)N3CCN(C(=O)c4nonc4N)CC3)c21. The highest BCUT2D eigenvalue weighted by atomic mass is 16.6. The van der Waals surface area contributed by atoms with Gasteiger partial charge in [-0.1, -0.05) is 18.2 Å². The first-order valence-electron chi connectivity index (χ1n) is 11.4. The largest absolute Gasteiger partial charge is 0.444 e. The number of piperidine rings is 1. The van der Waals surface area contributed by atoms with Crippen molar-refractivity contribution in [3.63, 3.8) is 0 Å². The second-order valence-corrected chi connectivity index (χ2v) is 8.66. The fraction of sp³-hybridized carbons (Fsp3) is 0.409. The smallest absolute Gasteiger partial charge is 0.410 e. The zero-order valence-corrected chi connectivity index (χ0v) is 19.5. The maximum atomic E-state index is 12.7. The molecule has 3 aromatic rings. The van der Waals surface area contributed by atoms with Gasteiger partial charge in [0.2, 0.25) is 23.3 Å². The summed E-state index contributed by atoms with van der Waals surface area (Å²) < 4.78 is 11.7. The van der Waals surface area contributed by atoms with E-state index in [0.29, 0.717) is 12.1 Å². The number of rotatable bonds is 4. The number of imide groups is 1. The Labute approximate surface area is 204 Å². The molecule has 3 N–H and O–H groups in total. The number of nitrogens with one attached hydrogen (secondary N) is 1. The minimum absolute atomic E-state index is 0.00475. The van der Waals surface area contributed by atoms with Crippen molar-refractivity contribution in [3.05, 3.63) is 35.2 Å². The lowest BCUT2D eigenvalue weighted by Gasteiger charge is -2.33. The highest BCUT2D eigenvalue weighted by molar-refractivity contribution is 6.02. The molecule has 0 radical (unpaired) electrons. The van der Waals surface area contributed by atoms with Crippen LogP contribution >= 0.6 is 0 Å². The molecule has 0 aliphatic carbocycles. The molecule has 2 aromatic heterocycles. The average Bonchev–Trinajstić information content (AvgIpc) is 3.45. The lowest BCUT2D eigenvalue weighted by atomic mass is 9.92. The number of benzene rings is 1. The highest BCUT2D eigenvalue weighted by Gasteiger charge is 2.32. The summed E-state index contributed by atoms with van der Waals surface area (Å²) in [5.74, 6) is -1.65. The maximum absolute atomic E-state index is 12.7. The number of amides is 4. The zero-order chi connectivity index (χ0) is 25.4. The lowest BCUT2D eigenvalue weighted by Crippen LogP contribution is -2.50. The Kier molecular flexibility index (Phi) is 6.00. The first-order valence-corrected chi connectivity index (χ1v) is 11.4. The van der Waals surface area contributed by atoms with E-state index in [1.165, 1.54) is 9.80 Å². The van der Waals surface area contributed by atoms with Gasteiger partial charge in [-0.2, -0.15) is 5.10 Å². The summed E-state index contributed by atoms with van der Waals surface area (Å²) in [7, 11) is 1.76. The third-order valence-corrected chi connectivity index (χ3v) is 6.44. The summed E-state index contributed by atoms with van der Waals surface area (Å²) >= 11 is 0. The average molecular weight is 496 g/mol. The van der Waals surface area contributed by atoms with Crippen LogP contribution in [0.5, 0.6) is 0 Å². The fourth-order valence-electron chi connectivity index (χ4n) is 4.59. The molecule has 2 aliphatic rings. The number of nitrogen functional groups attached to an aromatic ring is 1. The minimum atomic E-state index is -0.522. The molecule has 188 valence electrons. The van der Waals surface area contributed by atoms with Gasteiger partial charge in [0, 0.05) is 50.6 Å². The van der Waals surface area contributed by atoms with Crippen molar-refractivity contribution < 1.29 is 28.5 Å². The van der Waals surface area contributed by atoms with E-state index in [1.807, 2.05) is 18.2 Å². The van der Waals surface area contributed by atoms with Crippen molar-refractivity contribution in [1.29, 1.82) is 0 Å². The Morgan fingerprint density at radius 2 is 1.92 bits per heavy atom. The predicted octanol–water partition coefficient (Wildman–Crippen LogP) is 0.153. The molecule has 0 spiro atoms. The van der Waals surface area contributed by atoms with Crippen molar-refractivity contribution in [2.45, 2.75) is 25.4 Å². The Balaban J connectivity index is 1.23. The Bertz CT molecular complexity index is 1360. The summed E-state index contributed by atoms with van der Waals surface area (Å²) in [6.45, 7) is 1.14. The maximum Gasteiger partial charge on any atom is 0.410 e. The van der Waals surface area contributed by atoms with Gasteiger partial charge in [0.15, 0.2) is 0 Å². The van der Waals surface area contributed by atoms with E-state index in [-0.39, 0.29) is 62.5 Å². The van der Waals surface area contributed by atoms with Gasteiger partial charge in [-0.15, -0.1) is 0 Å². The van der Waals surface area contributed by atoms with E-state index in [0.717, 1.165) is 16.5 Å². The van der Waals surface area contributed by atoms with E-state index in [1.54, 1.807) is 11.7 Å². The number of aromatic nitrogens is 4. The summed E-state index contributed by atoms with van der Waals surface area (Å²) in [6.07, 6.45) is 0.145. The van der Waals surface area contributed by atoms with Crippen LogP contribution in [-0.2, 0) is 28.0 Å². The van der Waals surface area contributed by atoms with E-state index in [2.05, 4.69) is 25.4 Å². The molecule has 0 saturated carbocycles. The van der Waals surface area contributed by atoms with Gasteiger partial charge in [-0.3, -0.25) is 24.4 Å². The Morgan fingerprint density at radius 3 is 2.61 bits per heavy atom. The molecular formula is C22H24N8O6. The second-order valence-electron chi connectivity index (χ2n) is 8.66. The first-order chi connectivity index (χ1) is 17.3. The number of piperazine rings is 1. The minimum Gasteiger partial charge on any atom is -0.444 e. The number of hydrogen-bond acceptors (Lipinski definition) is 10. The Morgan fingerprint density at radius 1 is 1.17 bits per heavy atom. The molecule has 5 rings (SSSR count). The van der Waals surface area contributed by atoms with Crippen molar-refractivity contribution in [2.75, 3.05) is 31.9 Å². The summed E-state index contributed by atoms with van der Waals surface area (Å²) in [5.41, 5.74) is 7.61. The summed E-state index contributed by atoms with van der Waals surface area (Å²) in [5, 5.41) is 14.6. The zero-order valence-electron chi connectivity index (χ0n) is 19.5. The number of para-hydroxylation sites is 1. The molecule has 4 amide bonds. The van der Waals surface area contributed by atoms with Gasteiger partial charge >= 0.3 is 6.09 Å². The van der Waals surface area contributed by atoms with Crippen molar-refractivity contribution in [1.82, 2.24) is 35.2 Å². The molecule has 2 saturated heterocycles. The number of carbonyl (C=O) groups excluding carboxylic acids is 4. The number of aryl methyl sites for hydroxylation is 1. The highest BCUT2D eigenvalue weighted by Crippen LogP contribution is 2.31. The van der Waals surface area contributed by atoms with Crippen LogP contribution in [0.15, 0.2) is 22.8 Å². The first kappa shape index (κ1) is 23.3.